The number of nitrogens with zero attached hydrogens (tertiary/aromatic N) is 2. The standard InChI is InChI=1S/C24H23N3O6S/c1-14(21(29)26-13-20(28)25-17-9-5-6-10-18(17)26)33-24(32)19(11-12-34-2)27-22(30)15-7-3-4-8-16(15)23(27)31/h3-10,14,19H,11-13H2,1-2H3,(H,25,28)/t14-,19-/m1/s1. The van der Waals surface area contributed by atoms with E-state index in [1.165, 1.54) is 35.7 Å². The number of ether oxygens (including phenoxy) is 1. The number of amides is 4. The van der Waals surface area contributed by atoms with E-state index in [0.29, 0.717) is 17.1 Å². The summed E-state index contributed by atoms with van der Waals surface area (Å²) in [7, 11) is 0. The molecule has 4 amide bonds. The number of fused-ring (bicyclic) bond motifs is 2. The molecule has 1 N–H and O–H groups in total. The van der Waals surface area contributed by atoms with Crippen LogP contribution in [0.1, 0.15) is 34.1 Å². The molecule has 0 fully saturated rings. The number of benzene rings is 2. The van der Waals surface area contributed by atoms with Crippen LogP contribution in [0.3, 0.4) is 0 Å². The predicted molar refractivity (Wildman–Crippen MR) is 127 cm³/mol. The quantitative estimate of drug-likeness (QED) is 0.477. The molecule has 176 valence electrons. The van der Waals surface area contributed by atoms with Gasteiger partial charge in [0.25, 0.3) is 17.7 Å². The molecule has 0 bridgehead atoms. The number of hydrogen-bond acceptors (Lipinski definition) is 7. The molecule has 0 saturated heterocycles. The van der Waals surface area contributed by atoms with Crippen LogP contribution in [0.2, 0.25) is 0 Å². The minimum absolute atomic E-state index is 0.182. The lowest BCUT2D eigenvalue weighted by Crippen LogP contribution is -2.50. The fourth-order valence-corrected chi connectivity index (χ4v) is 4.48. The fraction of sp³-hybridized carbons (Fsp3) is 0.292. The van der Waals surface area contributed by atoms with Gasteiger partial charge >= 0.3 is 5.97 Å². The lowest BCUT2D eigenvalue weighted by Gasteiger charge is -2.31. The van der Waals surface area contributed by atoms with Crippen molar-refractivity contribution in [2.75, 3.05) is 28.8 Å². The van der Waals surface area contributed by atoms with Crippen LogP contribution in [-0.4, -0.2) is 65.2 Å². The lowest BCUT2D eigenvalue weighted by atomic mass is 10.1. The van der Waals surface area contributed by atoms with Gasteiger partial charge in [0, 0.05) is 0 Å². The van der Waals surface area contributed by atoms with Gasteiger partial charge in [-0.15, -0.1) is 0 Å². The number of imide groups is 1. The minimum atomic E-state index is -1.24. The number of esters is 1. The molecule has 2 aliphatic rings. The molecule has 0 radical (unpaired) electrons. The molecule has 0 spiro atoms. The zero-order valence-electron chi connectivity index (χ0n) is 18.6. The number of rotatable bonds is 7. The van der Waals surface area contributed by atoms with Gasteiger partial charge in [-0.2, -0.15) is 11.8 Å². The highest BCUT2D eigenvalue weighted by Gasteiger charge is 2.44. The minimum Gasteiger partial charge on any atom is -0.451 e. The normalized spacial score (nSPS) is 16.5. The Kier molecular flexibility index (Phi) is 6.69. The first-order valence-electron chi connectivity index (χ1n) is 10.7. The van der Waals surface area contributed by atoms with E-state index in [1.54, 1.807) is 36.4 Å². The van der Waals surface area contributed by atoms with Crippen molar-refractivity contribution in [1.82, 2.24) is 4.90 Å². The number of nitrogens with one attached hydrogen (secondary N) is 1. The van der Waals surface area contributed by atoms with Crippen molar-refractivity contribution in [3.63, 3.8) is 0 Å². The third kappa shape index (κ3) is 4.28. The number of carbonyl (C=O) groups excluding carboxylic acids is 5. The van der Waals surface area contributed by atoms with Crippen LogP contribution in [0.25, 0.3) is 0 Å². The van der Waals surface area contributed by atoms with E-state index >= 15 is 0 Å². The SMILES string of the molecule is CSCC[C@H](C(=O)O[C@H](C)C(=O)N1CC(=O)Nc2ccccc21)N1C(=O)c2ccccc2C1=O. The summed E-state index contributed by atoms with van der Waals surface area (Å²) in [6.07, 6.45) is 0.787. The van der Waals surface area contributed by atoms with Gasteiger partial charge in [0.2, 0.25) is 5.91 Å². The highest BCUT2D eigenvalue weighted by molar-refractivity contribution is 7.98. The summed E-state index contributed by atoms with van der Waals surface area (Å²) in [5.41, 5.74) is 1.44. The van der Waals surface area contributed by atoms with Gasteiger partial charge in [0.15, 0.2) is 6.10 Å². The van der Waals surface area contributed by atoms with Crippen LogP contribution in [0.4, 0.5) is 11.4 Å². The largest absolute Gasteiger partial charge is 0.451 e. The van der Waals surface area contributed by atoms with Crippen LogP contribution in [-0.2, 0) is 19.1 Å². The van der Waals surface area contributed by atoms with Gasteiger partial charge < -0.3 is 10.1 Å². The van der Waals surface area contributed by atoms with Gasteiger partial charge in [-0.3, -0.25) is 29.0 Å². The summed E-state index contributed by atoms with van der Waals surface area (Å²) in [6, 6.07) is 12.0. The van der Waals surface area contributed by atoms with Gasteiger partial charge in [-0.1, -0.05) is 24.3 Å². The Morgan fingerprint density at radius 1 is 1.03 bits per heavy atom. The van der Waals surface area contributed by atoms with Crippen LogP contribution >= 0.6 is 11.8 Å². The van der Waals surface area contributed by atoms with Crippen LogP contribution in [0.15, 0.2) is 48.5 Å². The van der Waals surface area contributed by atoms with Gasteiger partial charge in [0.1, 0.15) is 12.6 Å². The molecule has 2 aliphatic heterocycles. The summed E-state index contributed by atoms with van der Waals surface area (Å²) in [6.45, 7) is 1.19. The number of anilines is 2. The Morgan fingerprint density at radius 2 is 1.65 bits per heavy atom. The van der Waals surface area contributed by atoms with Crippen LogP contribution < -0.4 is 10.2 Å². The first-order valence-corrected chi connectivity index (χ1v) is 12.1. The highest BCUT2D eigenvalue weighted by Crippen LogP contribution is 2.30. The Hall–Kier alpha value is -3.66. The molecule has 4 rings (SSSR count). The molecule has 10 heteroatoms. The first kappa shape index (κ1) is 23.5. The molecule has 2 aromatic rings. The maximum Gasteiger partial charge on any atom is 0.330 e. The van der Waals surface area contributed by atoms with Crippen molar-refractivity contribution < 1.29 is 28.7 Å². The number of carbonyl (C=O) groups is 5. The molecule has 2 heterocycles. The molecule has 9 nitrogen and oxygen atoms in total. The van der Waals surface area contributed by atoms with E-state index in [9.17, 15) is 24.0 Å². The molecule has 0 saturated carbocycles. The number of hydrogen-bond donors (Lipinski definition) is 1. The topological polar surface area (TPSA) is 113 Å². The van der Waals surface area contributed by atoms with Crippen molar-refractivity contribution in [2.24, 2.45) is 0 Å². The van der Waals surface area contributed by atoms with Gasteiger partial charge in [-0.25, -0.2) is 4.79 Å². The monoisotopic (exact) mass is 481 g/mol. The molecule has 2 aromatic carbocycles. The fourth-order valence-electron chi connectivity index (χ4n) is 4.03. The molecular weight excluding hydrogens is 458 g/mol. The molecular formula is C24H23N3O6S. The Labute approximate surface area is 200 Å². The molecule has 2 atom stereocenters. The zero-order chi connectivity index (χ0) is 24.4. The Balaban J connectivity index is 1.54. The zero-order valence-corrected chi connectivity index (χ0v) is 19.5. The average molecular weight is 482 g/mol. The van der Waals surface area contributed by atoms with E-state index in [4.69, 9.17) is 4.74 Å². The van der Waals surface area contributed by atoms with Gasteiger partial charge in [-0.05, 0) is 49.6 Å². The smallest absolute Gasteiger partial charge is 0.330 e. The molecule has 34 heavy (non-hydrogen) atoms. The highest BCUT2D eigenvalue weighted by atomic mass is 32.2. The third-order valence-corrected chi connectivity index (χ3v) is 6.33. The Bertz CT molecular complexity index is 1150. The van der Waals surface area contributed by atoms with Crippen molar-refractivity contribution in [2.45, 2.75) is 25.5 Å². The van der Waals surface area contributed by atoms with Crippen molar-refractivity contribution in [1.29, 1.82) is 0 Å². The first-order chi connectivity index (χ1) is 16.3. The van der Waals surface area contributed by atoms with E-state index in [-0.39, 0.29) is 30.0 Å². The van der Waals surface area contributed by atoms with Crippen molar-refractivity contribution >= 4 is 52.7 Å². The number of thioether (sulfide) groups is 1. The summed E-state index contributed by atoms with van der Waals surface area (Å²) >= 11 is 1.46. The van der Waals surface area contributed by atoms with Crippen molar-refractivity contribution in [3.8, 4) is 0 Å². The van der Waals surface area contributed by atoms with Gasteiger partial charge in [0.05, 0.1) is 22.5 Å². The second-order valence-electron chi connectivity index (χ2n) is 7.89. The summed E-state index contributed by atoms with van der Waals surface area (Å²) in [5.74, 6) is -2.43. The van der Waals surface area contributed by atoms with Crippen LogP contribution in [0, 0.1) is 0 Å². The van der Waals surface area contributed by atoms with E-state index in [2.05, 4.69) is 5.32 Å². The van der Waals surface area contributed by atoms with E-state index < -0.39 is 35.8 Å². The average Bonchev–Trinajstić information content (AvgIpc) is 3.08. The summed E-state index contributed by atoms with van der Waals surface area (Å²) in [5, 5.41) is 2.70. The predicted octanol–water partition coefficient (Wildman–Crippen LogP) is 2.32. The summed E-state index contributed by atoms with van der Waals surface area (Å²) < 4.78 is 5.47. The third-order valence-electron chi connectivity index (χ3n) is 5.68. The lowest BCUT2D eigenvalue weighted by molar-refractivity contribution is -0.157. The Morgan fingerprint density at radius 3 is 2.29 bits per heavy atom. The van der Waals surface area contributed by atoms with Crippen molar-refractivity contribution in [3.05, 3.63) is 59.7 Å². The van der Waals surface area contributed by atoms with Crippen LogP contribution in [0.5, 0.6) is 0 Å². The second kappa shape index (κ2) is 9.68. The van der Waals surface area contributed by atoms with E-state index in [0.717, 1.165) is 4.90 Å². The maximum atomic E-state index is 13.2. The molecule has 0 aliphatic carbocycles. The number of para-hydroxylation sites is 2. The maximum absolute atomic E-state index is 13.2. The molecule has 0 unspecified atom stereocenters. The van der Waals surface area contributed by atoms with E-state index in [1.807, 2.05) is 6.26 Å². The molecule has 0 aromatic heterocycles. The second-order valence-corrected chi connectivity index (χ2v) is 8.88. The summed E-state index contributed by atoms with van der Waals surface area (Å²) in [4.78, 5) is 66.4.